The summed E-state index contributed by atoms with van der Waals surface area (Å²) in [7, 11) is 0. The van der Waals surface area contributed by atoms with Gasteiger partial charge in [-0.05, 0) is 32.4 Å². The number of pyridine rings is 1. The molecule has 0 aliphatic rings. The molecular weight excluding hydrogens is 230 g/mol. The van der Waals surface area contributed by atoms with Crippen molar-refractivity contribution in [3.63, 3.8) is 0 Å². The molecule has 0 aliphatic carbocycles. The van der Waals surface area contributed by atoms with Crippen molar-refractivity contribution in [3.05, 3.63) is 23.7 Å². The minimum absolute atomic E-state index is 0.629. The first kappa shape index (κ1) is 12.5. The van der Waals surface area contributed by atoms with E-state index in [2.05, 4.69) is 9.97 Å². The molecule has 0 saturated heterocycles. The number of imidazole rings is 1. The summed E-state index contributed by atoms with van der Waals surface area (Å²) >= 11 is 0. The zero-order valence-electron chi connectivity index (χ0n) is 11.1. The second-order valence-electron chi connectivity index (χ2n) is 4.94. The van der Waals surface area contributed by atoms with Crippen LogP contribution >= 0.6 is 0 Å². The van der Waals surface area contributed by atoms with E-state index in [1.165, 1.54) is 0 Å². The Morgan fingerprint density at radius 2 is 2.17 bits per heavy atom. The molecule has 5 heteroatoms. The van der Waals surface area contributed by atoms with Crippen molar-refractivity contribution in [2.75, 3.05) is 0 Å². The number of aryl methyl sites for hydroxylation is 2. The van der Waals surface area contributed by atoms with Crippen molar-refractivity contribution >= 4 is 17.1 Å². The highest BCUT2D eigenvalue weighted by Crippen LogP contribution is 2.25. The predicted octanol–water partition coefficient (Wildman–Crippen LogP) is 2.12. The number of rotatable bonds is 3. The van der Waals surface area contributed by atoms with Crippen LogP contribution in [-0.4, -0.2) is 25.6 Å². The second kappa shape index (κ2) is 4.08. The third-order valence-electron chi connectivity index (χ3n) is 3.10. The van der Waals surface area contributed by atoms with Crippen molar-refractivity contribution < 1.29 is 9.90 Å². The summed E-state index contributed by atoms with van der Waals surface area (Å²) in [5.74, 6) is -0.144. The molecule has 2 rings (SSSR count). The molecule has 18 heavy (non-hydrogen) atoms. The highest BCUT2D eigenvalue weighted by atomic mass is 16.4. The summed E-state index contributed by atoms with van der Waals surface area (Å²) in [5, 5.41) is 9.37. The average Bonchev–Trinajstić information content (AvgIpc) is 2.66. The molecule has 0 radical (unpaired) electrons. The van der Waals surface area contributed by atoms with E-state index >= 15 is 0 Å². The van der Waals surface area contributed by atoms with Gasteiger partial charge in [0, 0.05) is 12.6 Å². The van der Waals surface area contributed by atoms with E-state index in [1.807, 2.05) is 19.9 Å². The molecule has 2 aromatic rings. The minimum atomic E-state index is -1.05. The molecule has 2 aromatic heterocycles. The Morgan fingerprint density at radius 3 is 2.72 bits per heavy atom. The number of carboxylic acids is 1. The largest absolute Gasteiger partial charge is 0.480 e. The van der Waals surface area contributed by atoms with E-state index in [1.54, 1.807) is 24.6 Å². The van der Waals surface area contributed by atoms with Crippen LogP contribution in [-0.2, 0) is 16.8 Å². The second-order valence-corrected chi connectivity index (χ2v) is 4.94. The number of fused-ring (bicyclic) bond motifs is 1. The van der Waals surface area contributed by atoms with Crippen LogP contribution in [0.3, 0.4) is 0 Å². The fourth-order valence-electron chi connectivity index (χ4n) is 2.03. The van der Waals surface area contributed by atoms with Crippen molar-refractivity contribution in [2.24, 2.45) is 0 Å². The molecule has 0 amide bonds. The molecule has 5 nitrogen and oxygen atoms in total. The van der Waals surface area contributed by atoms with Gasteiger partial charge in [0.25, 0.3) is 0 Å². The van der Waals surface area contributed by atoms with Gasteiger partial charge in [0.05, 0.1) is 0 Å². The van der Waals surface area contributed by atoms with Crippen LogP contribution in [0.15, 0.2) is 12.3 Å². The fourth-order valence-corrected chi connectivity index (χ4v) is 2.03. The lowest BCUT2D eigenvalue weighted by Crippen LogP contribution is -2.37. The first-order valence-corrected chi connectivity index (χ1v) is 5.95. The van der Waals surface area contributed by atoms with Gasteiger partial charge in [-0.25, -0.2) is 14.8 Å². The van der Waals surface area contributed by atoms with E-state index in [9.17, 15) is 9.90 Å². The van der Waals surface area contributed by atoms with E-state index in [4.69, 9.17) is 0 Å². The monoisotopic (exact) mass is 247 g/mol. The smallest absolute Gasteiger partial charge is 0.329 e. The predicted molar refractivity (Wildman–Crippen MR) is 68.6 cm³/mol. The van der Waals surface area contributed by atoms with Gasteiger partial charge in [0.1, 0.15) is 16.9 Å². The summed E-state index contributed by atoms with van der Waals surface area (Å²) in [6.45, 7) is 7.23. The Bertz CT molecular complexity index is 614. The van der Waals surface area contributed by atoms with Gasteiger partial charge in [-0.1, -0.05) is 6.92 Å². The van der Waals surface area contributed by atoms with Crippen molar-refractivity contribution in [3.8, 4) is 0 Å². The molecule has 0 fully saturated rings. The SMILES string of the molecule is CCc1nc2cc(C)cnc2n1C(C)(C)C(=O)O. The maximum absolute atomic E-state index is 11.4. The summed E-state index contributed by atoms with van der Waals surface area (Å²) in [4.78, 5) is 20.2. The molecular formula is C13H17N3O2. The standard InChI is InChI=1S/C13H17N3O2/c1-5-10-15-9-6-8(2)7-14-11(9)16(10)13(3,4)12(17)18/h6-7H,5H2,1-4H3,(H,17,18). The zero-order chi connectivity index (χ0) is 13.5. The molecule has 0 unspecified atom stereocenters. The molecule has 0 aromatic carbocycles. The van der Waals surface area contributed by atoms with E-state index in [0.29, 0.717) is 12.1 Å². The Morgan fingerprint density at radius 1 is 1.50 bits per heavy atom. The van der Waals surface area contributed by atoms with E-state index in [-0.39, 0.29) is 0 Å². The third kappa shape index (κ3) is 1.75. The van der Waals surface area contributed by atoms with Crippen LogP contribution in [0.2, 0.25) is 0 Å². The van der Waals surface area contributed by atoms with Crippen molar-refractivity contribution in [2.45, 2.75) is 39.7 Å². The number of carbonyl (C=O) groups is 1. The lowest BCUT2D eigenvalue weighted by atomic mass is 10.1. The zero-order valence-corrected chi connectivity index (χ0v) is 11.1. The van der Waals surface area contributed by atoms with Crippen LogP contribution in [0, 0.1) is 6.92 Å². The van der Waals surface area contributed by atoms with E-state index in [0.717, 1.165) is 16.9 Å². The van der Waals surface area contributed by atoms with Crippen LogP contribution in [0.4, 0.5) is 0 Å². The summed E-state index contributed by atoms with van der Waals surface area (Å²) in [6, 6.07) is 1.93. The number of hydrogen-bond donors (Lipinski definition) is 1. The molecule has 0 saturated carbocycles. The number of hydrogen-bond acceptors (Lipinski definition) is 3. The summed E-state index contributed by atoms with van der Waals surface area (Å²) in [5.41, 5.74) is 1.34. The van der Waals surface area contributed by atoms with Gasteiger partial charge in [-0.15, -0.1) is 0 Å². The summed E-state index contributed by atoms with van der Waals surface area (Å²) in [6.07, 6.45) is 2.41. The molecule has 0 aliphatic heterocycles. The molecule has 0 atom stereocenters. The molecule has 0 spiro atoms. The number of carboxylic acid groups (broad SMARTS) is 1. The Hall–Kier alpha value is -1.91. The third-order valence-corrected chi connectivity index (χ3v) is 3.10. The average molecular weight is 247 g/mol. The number of nitrogens with zero attached hydrogens (tertiary/aromatic N) is 3. The molecule has 1 N–H and O–H groups in total. The normalized spacial score (nSPS) is 12.0. The number of aromatic nitrogens is 3. The highest BCUT2D eigenvalue weighted by Gasteiger charge is 2.33. The molecule has 96 valence electrons. The topological polar surface area (TPSA) is 68.0 Å². The lowest BCUT2D eigenvalue weighted by molar-refractivity contribution is -0.145. The first-order valence-electron chi connectivity index (χ1n) is 5.95. The quantitative estimate of drug-likeness (QED) is 0.902. The van der Waals surface area contributed by atoms with Gasteiger partial charge in [0.2, 0.25) is 0 Å². The van der Waals surface area contributed by atoms with Crippen molar-refractivity contribution in [1.29, 1.82) is 0 Å². The Labute approximate surface area is 105 Å². The highest BCUT2D eigenvalue weighted by molar-refractivity contribution is 5.80. The van der Waals surface area contributed by atoms with Crippen LogP contribution < -0.4 is 0 Å². The molecule has 0 bridgehead atoms. The van der Waals surface area contributed by atoms with Crippen molar-refractivity contribution in [1.82, 2.24) is 14.5 Å². The van der Waals surface area contributed by atoms with Gasteiger partial charge in [0.15, 0.2) is 5.65 Å². The maximum Gasteiger partial charge on any atom is 0.329 e. The maximum atomic E-state index is 11.4. The minimum Gasteiger partial charge on any atom is -0.480 e. The van der Waals surface area contributed by atoms with E-state index < -0.39 is 11.5 Å². The van der Waals surface area contributed by atoms with Gasteiger partial charge in [-0.2, -0.15) is 0 Å². The van der Waals surface area contributed by atoms with Gasteiger partial charge in [-0.3, -0.25) is 4.57 Å². The number of aliphatic carboxylic acids is 1. The van der Waals surface area contributed by atoms with Crippen LogP contribution in [0.1, 0.15) is 32.2 Å². The Kier molecular flexibility index (Phi) is 2.84. The van der Waals surface area contributed by atoms with Gasteiger partial charge >= 0.3 is 5.97 Å². The van der Waals surface area contributed by atoms with Gasteiger partial charge < -0.3 is 5.11 Å². The Balaban J connectivity index is 2.79. The summed E-state index contributed by atoms with van der Waals surface area (Å²) < 4.78 is 1.71. The fraction of sp³-hybridized carbons (Fsp3) is 0.462. The molecule has 2 heterocycles. The first-order chi connectivity index (χ1) is 8.37. The van der Waals surface area contributed by atoms with Crippen LogP contribution in [0.5, 0.6) is 0 Å². The lowest BCUT2D eigenvalue weighted by Gasteiger charge is -2.23. The van der Waals surface area contributed by atoms with Crippen LogP contribution in [0.25, 0.3) is 11.2 Å².